The summed E-state index contributed by atoms with van der Waals surface area (Å²) in [6.07, 6.45) is 0. The van der Waals surface area contributed by atoms with Crippen LogP contribution in [0.3, 0.4) is 0 Å². The van der Waals surface area contributed by atoms with Crippen LogP contribution in [0.5, 0.6) is 0 Å². The van der Waals surface area contributed by atoms with Gasteiger partial charge in [0.05, 0.1) is 4.90 Å². The summed E-state index contributed by atoms with van der Waals surface area (Å²) in [6, 6.07) is 15.2. The van der Waals surface area contributed by atoms with Gasteiger partial charge in [-0.15, -0.1) is 0 Å². The summed E-state index contributed by atoms with van der Waals surface area (Å²) < 4.78 is 30.9. The standard InChI is InChI=1S/C22H27N3O6S/c1-16(18-7-5-4-6-8-18)13-23-21(27)15-31-22(28)14-25(3)32(29,30)20-11-9-19(10-12-20)24-17(2)26/h4-12,16H,13-15H2,1-3H3,(H,23,27)(H,24,26)/t16-/m1/s1. The average molecular weight is 462 g/mol. The second-order valence-corrected chi connectivity index (χ2v) is 9.29. The van der Waals surface area contributed by atoms with E-state index >= 15 is 0 Å². The van der Waals surface area contributed by atoms with E-state index < -0.39 is 35.1 Å². The number of likely N-dealkylation sites (N-methyl/N-ethyl adjacent to an activating group) is 1. The molecule has 0 saturated heterocycles. The molecule has 32 heavy (non-hydrogen) atoms. The van der Waals surface area contributed by atoms with Crippen LogP contribution >= 0.6 is 0 Å². The summed E-state index contributed by atoms with van der Waals surface area (Å²) in [4.78, 5) is 35.0. The number of esters is 1. The first-order valence-corrected chi connectivity index (χ1v) is 11.3. The van der Waals surface area contributed by atoms with Crippen molar-refractivity contribution in [2.24, 2.45) is 0 Å². The van der Waals surface area contributed by atoms with Crippen LogP contribution in [0.4, 0.5) is 5.69 Å². The molecule has 0 heterocycles. The maximum Gasteiger partial charge on any atom is 0.321 e. The lowest BCUT2D eigenvalue weighted by Crippen LogP contribution is -2.36. The van der Waals surface area contributed by atoms with E-state index in [1.54, 1.807) is 0 Å². The van der Waals surface area contributed by atoms with Crippen LogP contribution in [0.2, 0.25) is 0 Å². The van der Waals surface area contributed by atoms with Gasteiger partial charge in [-0.25, -0.2) is 8.42 Å². The lowest BCUT2D eigenvalue weighted by atomic mass is 10.0. The highest BCUT2D eigenvalue weighted by molar-refractivity contribution is 7.89. The SMILES string of the molecule is CC(=O)Nc1ccc(S(=O)(=O)N(C)CC(=O)OCC(=O)NC[C@@H](C)c2ccccc2)cc1. The predicted octanol–water partition coefficient (Wildman–Crippen LogP) is 1.73. The number of hydrogen-bond donors (Lipinski definition) is 2. The number of anilines is 1. The van der Waals surface area contributed by atoms with E-state index in [0.717, 1.165) is 9.87 Å². The molecule has 0 saturated carbocycles. The van der Waals surface area contributed by atoms with E-state index in [0.29, 0.717) is 12.2 Å². The van der Waals surface area contributed by atoms with E-state index in [4.69, 9.17) is 4.74 Å². The van der Waals surface area contributed by atoms with Crippen molar-refractivity contribution in [2.75, 3.05) is 32.1 Å². The third-order valence-corrected chi connectivity index (χ3v) is 6.39. The molecule has 0 aromatic heterocycles. The van der Waals surface area contributed by atoms with Gasteiger partial charge >= 0.3 is 5.97 Å². The van der Waals surface area contributed by atoms with Gasteiger partial charge in [0.2, 0.25) is 15.9 Å². The van der Waals surface area contributed by atoms with Crippen molar-refractivity contribution in [2.45, 2.75) is 24.7 Å². The minimum Gasteiger partial charge on any atom is -0.455 e. The zero-order chi connectivity index (χ0) is 23.7. The fraction of sp³-hybridized carbons (Fsp3) is 0.318. The Morgan fingerprint density at radius 2 is 1.66 bits per heavy atom. The first kappa shape index (κ1) is 25.0. The van der Waals surface area contributed by atoms with Crippen molar-refractivity contribution >= 4 is 33.5 Å². The van der Waals surface area contributed by atoms with Gasteiger partial charge in [-0.2, -0.15) is 4.31 Å². The second kappa shape index (κ2) is 11.4. The molecule has 1 atom stereocenters. The highest BCUT2D eigenvalue weighted by Gasteiger charge is 2.24. The number of sulfonamides is 1. The Kier molecular flexibility index (Phi) is 8.91. The van der Waals surface area contributed by atoms with Crippen molar-refractivity contribution in [3.8, 4) is 0 Å². The number of rotatable bonds is 10. The minimum absolute atomic E-state index is 0.0467. The monoisotopic (exact) mass is 461 g/mol. The van der Waals surface area contributed by atoms with Crippen molar-refractivity contribution in [1.29, 1.82) is 0 Å². The Labute approximate surface area is 187 Å². The predicted molar refractivity (Wildman–Crippen MR) is 119 cm³/mol. The summed E-state index contributed by atoms with van der Waals surface area (Å²) in [5.74, 6) is -1.51. The van der Waals surface area contributed by atoms with Gasteiger partial charge in [0.1, 0.15) is 6.54 Å². The van der Waals surface area contributed by atoms with Crippen LogP contribution in [-0.4, -0.2) is 57.3 Å². The third-order valence-electron chi connectivity index (χ3n) is 4.57. The highest BCUT2D eigenvalue weighted by Crippen LogP contribution is 2.17. The van der Waals surface area contributed by atoms with Gasteiger partial charge < -0.3 is 15.4 Å². The summed E-state index contributed by atoms with van der Waals surface area (Å²) in [5.41, 5.74) is 1.52. The molecule has 9 nitrogen and oxygen atoms in total. The Hall–Kier alpha value is -3.24. The molecule has 10 heteroatoms. The summed E-state index contributed by atoms with van der Waals surface area (Å²) >= 11 is 0. The molecule has 0 fully saturated rings. The molecule has 2 aromatic carbocycles. The molecule has 2 aromatic rings. The lowest BCUT2D eigenvalue weighted by molar-refractivity contribution is -0.148. The molecule has 2 rings (SSSR count). The number of carbonyl (C=O) groups excluding carboxylic acids is 3. The van der Waals surface area contributed by atoms with Crippen LogP contribution in [0.15, 0.2) is 59.5 Å². The first-order chi connectivity index (χ1) is 15.1. The van der Waals surface area contributed by atoms with Gasteiger partial charge in [0, 0.05) is 26.2 Å². The largest absolute Gasteiger partial charge is 0.455 e. The molecule has 172 valence electrons. The van der Waals surface area contributed by atoms with Crippen LogP contribution in [0.25, 0.3) is 0 Å². The quantitative estimate of drug-likeness (QED) is 0.520. The van der Waals surface area contributed by atoms with Crippen LogP contribution in [-0.2, 0) is 29.1 Å². The highest BCUT2D eigenvalue weighted by atomic mass is 32.2. The maximum atomic E-state index is 12.6. The minimum atomic E-state index is -3.95. The Morgan fingerprint density at radius 1 is 1.03 bits per heavy atom. The van der Waals surface area contributed by atoms with Crippen LogP contribution < -0.4 is 10.6 Å². The molecule has 0 radical (unpaired) electrons. The molecule has 2 N–H and O–H groups in total. The zero-order valence-corrected chi connectivity index (χ0v) is 19.0. The third kappa shape index (κ3) is 7.47. The molecule has 0 aliphatic carbocycles. The summed E-state index contributed by atoms with van der Waals surface area (Å²) in [6.45, 7) is 2.63. The fourth-order valence-corrected chi connectivity index (χ4v) is 3.88. The second-order valence-electron chi connectivity index (χ2n) is 7.24. The Morgan fingerprint density at radius 3 is 2.25 bits per heavy atom. The van der Waals surface area contributed by atoms with Gasteiger partial charge in [-0.3, -0.25) is 14.4 Å². The molecule has 0 bridgehead atoms. The number of nitrogens with one attached hydrogen (secondary N) is 2. The number of nitrogens with zero attached hydrogens (tertiary/aromatic N) is 1. The first-order valence-electron chi connectivity index (χ1n) is 9.91. The number of ether oxygens (including phenoxy) is 1. The van der Waals surface area contributed by atoms with E-state index in [1.807, 2.05) is 37.3 Å². The molecule has 2 amide bonds. The number of hydrogen-bond acceptors (Lipinski definition) is 6. The fourth-order valence-electron chi connectivity index (χ4n) is 2.77. The Bertz CT molecular complexity index is 1040. The number of carbonyl (C=O) groups is 3. The van der Waals surface area contributed by atoms with Crippen LogP contribution in [0, 0.1) is 0 Å². The van der Waals surface area contributed by atoms with E-state index in [9.17, 15) is 22.8 Å². The zero-order valence-electron chi connectivity index (χ0n) is 18.2. The summed E-state index contributed by atoms with van der Waals surface area (Å²) in [7, 11) is -2.71. The average Bonchev–Trinajstić information content (AvgIpc) is 2.76. The topological polar surface area (TPSA) is 122 Å². The Balaban J connectivity index is 1.81. The van der Waals surface area contributed by atoms with E-state index in [2.05, 4.69) is 10.6 Å². The van der Waals surface area contributed by atoms with Crippen molar-refractivity contribution < 1.29 is 27.5 Å². The molecular formula is C22H27N3O6S. The van der Waals surface area contributed by atoms with Gasteiger partial charge in [0.15, 0.2) is 6.61 Å². The molecule has 0 spiro atoms. The van der Waals surface area contributed by atoms with Gasteiger partial charge in [0.25, 0.3) is 5.91 Å². The van der Waals surface area contributed by atoms with Crippen molar-refractivity contribution in [3.05, 3.63) is 60.2 Å². The number of amides is 2. The normalized spacial score (nSPS) is 12.1. The summed E-state index contributed by atoms with van der Waals surface area (Å²) in [5, 5.41) is 5.23. The van der Waals surface area contributed by atoms with Crippen LogP contribution in [0.1, 0.15) is 25.3 Å². The maximum absolute atomic E-state index is 12.6. The smallest absolute Gasteiger partial charge is 0.321 e. The van der Waals surface area contributed by atoms with Gasteiger partial charge in [-0.05, 0) is 35.7 Å². The molecule has 0 aliphatic rings. The lowest BCUT2D eigenvalue weighted by Gasteiger charge is -2.17. The van der Waals surface area contributed by atoms with Gasteiger partial charge in [-0.1, -0.05) is 37.3 Å². The van der Waals surface area contributed by atoms with E-state index in [-0.39, 0.29) is 16.7 Å². The molecule has 0 unspecified atom stereocenters. The number of benzene rings is 2. The van der Waals surface area contributed by atoms with Crippen molar-refractivity contribution in [1.82, 2.24) is 9.62 Å². The van der Waals surface area contributed by atoms with Crippen molar-refractivity contribution in [3.63, 3.8) is 0 Å². The molecular weight excluding hydrogens is 434 g/mol. The molecule has 0 aliphatic heterocycles. The van der Waals surface area contributed by atoms with E-state index in [1.165, 1.54) is 38.2 Å².